The van der Waals surface area contributed by atoms with Crippen LogP contribution in [-0.4, -0.2) is 28.6 Å². The summed E-state index contributed by atoms with van der Waals surface area (Å²) in [7, 11) is 0. The molecule has 1 aliphatic heterocycles. The zero-order valence-electron chi connectivity index (χ0n) is 11.4. The Morgan fingerprint density at radius 1 is 1.63 bits per heavy atom. The lowest BCUT2D eigenvalue weighted by atomic mass is 9.86. The molecule has 104 valence electrons. The molecule has 0 aromatic carbocycles. The number of Topliss-reactive ketones (excluding diaryl/α,β-unsaturated/α-hetero) is 1. The van der Waals surface area contributed by atoms with Gasteiger partial charge in [-0.2, -0.15) is 0 Å². The summed E-state index contributed by atoms with van der Waals surface area (Å²) in [4.78, 5) is 22.6. The minimum absolute atomic E-state index is 0.0474. The van der Waals surface area contributed by atoms with Crippen LogP contribution in [0.4, 0.5) is 0 Å². The molecule has 1 aliphatic carbocycles. The van der Waals surface area contributed by atoms with E-state index in [2.05, 4.69) is 6.58 Å². The Kier molecular flexibility index (Phi) is 3.63. The molecule has 2 aliphatic rings. The lowest BCUT2D eigenvalue weighted by molar-refractivity contribution is -0.140. The molecule has 0 aromatic rings. The van der Waals surface area contributed by atoms with E-state index in [0.29, 0.717) is 31.3 Å². The summed E-state index contributed by atoms with van der Waals surface area (Å²) in [5.74, 6) is -0.294. The van der Waals surface area contributed by atoms with Crippen molar-refractivity contribution in [3.8, 4) is 0 Å². The van der Waals surface area contributed by atoms with E-state index < -0.39 is 5.60 Å². The second-order valence-corrected chi connectivity index (χ2v) is 5.72. The second kappa shape index (κ2) is 4.93. The van der Waals surface area contributed by atoms with Gasteiger partial charge in [0.1, 0.15) is 11.9 Å². The van der Waals surface area contributed by atoms with E-state index in [1.807, 2.05) is 6.08 Å². The van der Waals surface area contributed by atoms with Crippen LogP contribution in [0.2, 0.25) is 0 Å². The highest BCUT2D eigenvalue weighted by Gasteiger charge is 2.44. The number of carbonyl (C=O) groups is 2. The maximum absolute atomic E-state index is 11.5. The standard InChI is InChI=1S/C15H20O4/c1-9(16)4-5-11-6-7-12-10(2)14(17)19-13(12)8-15(11,3)18/h6,12-13,18H,2,4-5,7-8H2,1,3H3. The average molecular weight is 264 g/mol. The zero-order chi connectivity index (χ0) is 14.2. The summed E-state index contributed by atoms with van der Waals surface area (Å²) in [5, 5.41) is 10.5. The minimum atomic E-state index is -1.03. The van der Waals surface area contributed by atoms with Crippen LogP contribution in [-0.2, 0) is 14.3 Å². The van der Waals surface area contributed by atoms with Crippen LogP contribution >= 0.6 is 0 Å². The van der Waals surface area contributed by atoms with E-state index in [0.717, 1.165) is 5.57 Å². The Balaban J connectivity index is 2.18. The van der Waals surface area contributed by atoms with E-state index in [1.165, 1.54) is 0 Å². The largest absolute Gasteiger partial charge is 0.458 e. The first-order chi connectivity index (χ1) is 8.81. The van der Waals surface area contributed by atoms with Crippen molar-refractivity contribution in [3.05, 3.63) is 23.8 Å². The summed E-state index contributed by atoms with van der Waals surface area (Å²) in [6, 6.07) is 0. The number of allylic oxidation sites excluding steroid dienone is 1. The van der Waals surface area contributed by atoms with Crippen LogP contribution in [0.15, 0.2) is 23.8 Å². The summed E-state index contributed by atoms with van der Waals surface area (Å²) < 4.78 is 5.27. The highest BCUT2D eigenvalue weighted by atomic mass is 16.6. The van der Waals surface area contributed by atoms with Gasteiger partial charge in [-0.1, -0.05) is 12.7 Å². The Morgan fingerprint density at radius 3 is 2.95 bits per heavy atom. The number of esters is 1. The van der Waals surface area contributed by atoms with Crippen molar-refractivity contribution in [1.29, 1.82) is 0 Å². The SMILES string of the molecule is C=C1C(=O)OC2CC(C)(O)C(CCC(C)=O)=CCC12. The minimum Gasteiger partial charge on any atom is -0.458 e. The summed E-state index contributed by atoms with van der Waals surface area (Å²) >= 11 is 0. The Morgan fingerprint density at radius 2 is 2.32 bits per heavy atom. The molecule has 1 N–H and O–H groups in total. The maximum atomic E-state index is 11.5. The topological polar surface area (TPSA) is 63.6 Å². The molecular formula is C15H20O4. The van der Waals surface area contributed by atoms with Crippen LogP contribution in [0.25, 0.3) is 0 Å². The molecule has 3 atom stereocenters. The smallest absolute Gasteiger partial charge is 0.334 e. The quantitative estimate of drug-likeness (QED) is 0.480. The summed E-state index contributed by atoms with van der Waals surface area (Å²) in [6.07, 6.45) is 3.63. The van der Waals surface area contributed by atoms with Crippen LogP contribution in [0.5, 0.6) is 0 Å². The number of hydrogen-bond donors (Lipinski definition) is 1. The maximum Gasteiger partial charge on any atom is 0.334 e. The van der Waals surface area contributed by atoms with E-state index in [1.54, 1.807) is 13.8 Å². The van der Waals surface area contributed by atoms with E-state index >= 15 is 0 Å². The number of aliphatic hydroxyl groups is 1. The van der Waals surface area contributed by atoms with E-state index in [-0.39, 0.29) is 23.8 Å². The van der Waals surface area contributed by atoms with Gasteiger partial charge in [-0.05, 0) is 32.3 Å². The number of ketones is 1. The Bertz CT molecular complexity index is 459. The van der Waals surface area contributed by atoms with Gasteiger partial charge in [0.15, 0.2) is 0 Å². The molecule has 1 saturated heterocycles. The van der Waals surface area contributed by atoms with Gasteiger partial charge in [-0.3, -0.25) is 0 Å². The van der Waals surface area contributed by atoms with Gasteiger partial charge < -0.3 is 14.6 Å². The first-order valence-corrected chi connectivity index (χ1v) is 6.62. The molecule has 0 spiro atoms. The molecule has 0 amide bonds. The predicted octanol–water partition coefficient (Wildman–Crippen LogP) is 1.92. The second-order valence-electron chi connectivity index (χ2n) is 5.72. The molecule has 0 saturated carbocycles. The van der Waals surface area contributed by atoms with Gasteiger partial charge in [0.05, 0.1) is 5.60 Å². The van der Waals surface area contributed by atoms with Crippen LogP contribution in [0, 0.1) is 5.92 Å². The van der Waals surface area contributed by atoms with Crippen LogP contribution in [0.3, 0.4) is 0 Å². The van der Waals surface area contributed by atoms with Gasteiger partial charge in [-0.25, -0.2) is 4.79 Å². The third kappa shape index (κ3) is 2.78. The van der Waals surface area contributed by atoms with Crippen molar-refractivity contribution in [2.24, 2.45) is 5.92 Å². The fourth-order valence-corrected chi connectivity index (χ4v) is 2.84. The van der Waals surface area contributed by atoms with Gasteiger partial charge in [-0.15, -0.1) is 0 Å². The Labute approximate surface area is 113 Å². The van der Waals surface area contributed by atoms with Crippen molar-refractivity contribution in [1.82, 2.24) is 0 Å². The first kappa shape index (κ1) is 14.0. The van der Waals surface area contributed by atoms with Crippen molar-refractivity contribution >= 4 is 11.8 Å². The lowest BCUT2D eigenvalue weighted by Crippen LogP contribution is -2.32. The van der Waals surface area contributed by atoms with Gasteiger partial charge in [0.25, 0.3) is 0 Å². The highest BCUT2D eigenvalue weighted by Crippen LogP contribution is 2.40. The molecule has 2 rings (SSSR count). The summed E-state index contributed by atoms with van der Waals surface area (Å²) in [5.41, 5.74) is 0.325. The Hall–Kier alpha value is -1.42. The fraction of sp³-hybridized carbons (Fsp3) is 0.600. The number of rotatable bonds is 3. The normalized spacial score (nSPS) is 34.4. The number of fused-ring (bicyclic) bond motifs is 1. The molecule has 4 heteroatoms. The van der Waals surface area contributed by atoms with E-state index in [4.69, 9.17) is 4.74 Å². The van der Waals surface area contributed by atoms with Crippen LogP contribution in [0.1, 0.15) is 39.5 Å². The third-order valence-electron chi connectivity index (χ3n) is 4.07. The highest BCUT2D eigenvalue weighted by molar-refractivity contribution is 5.90. The molecule has 1 heterocycles. The van der Waals surface area contributed by atoms with Crippen LogP contribution < -0.4 is 0 Å². The third-order valence-corrected chi connectivity index (χ3v) is 4.07. The summed E-state index contributed by atoms with van der Waals surface area (Å²) in [6.45, 7) is 7.03. The average Bonchev–Trinajstić information content (AvgIpc) is 2.48. The molecule has 1 fully saturated rings. The number of hydrogen-bond acceptors (Lipinski definition) is 4. The molecule has 3 unspecified atom stereocenters. The monoisotopic (exact) mass is 264 g/mol. The van der Waals surface area contributed by atoms with Crippen molar-refractivity contribution in [2.75, 3.05) is 0 Å². The number of ether oxygens (including phenoxy) is 1. The predicted molar refractivity (Wildman–Crippen MR) is 70.4 cm³/mol. The number of carbonyl (C=O) groups excluding carboxylic acids is 2. The zero-order valence-corrected chi connectivity index (χ0v) is 11.4. The van der Waals surface area contributed by atoms with Crippen molar-refractivity contribution < 1.29 is 19.4 Å². The van der Waals surface area contributed by atoms with E-state index in [9.17, 15) is 14.7 Å². The first-order valence-electron chi connectivity index (χ1n) is 6.62. The fourth-order valence-electron chi connectivity index (χ4n) is 2.84. The van der Waals surface area contributed by atoms with Gasteiger partial charge in [0.2, 0.25) is 0 Å². The molecule has 0 radical (unpaired) electrons. The molecular weight excluding hydrogens is 244 g/mol. The van der Waals surface area contributed by atoms with Crippen molar-refractivity contribution in [3.63, 3.8) is 0 Å². The molecule has 0 bridgehead atoms. The molecule has 19 heavy (non-hydrogen) atoms. The molecule has 0 aromatic heterocycles. The molecule has 4 nitrogen and oxygen atoms in total. The van der Waals surface area contributed by atoms with Crippen molar-refractivity contribution in [2.45, 2.75) is 51.2 Å². The van der Waals surface area contributed by atoms with Gasteiger partial charge in [0, 0.05) is 24.3 Å². The van der Waals surface area contributed by atoms with Gasteiger partial charge >= 0.3 is 5.97 Å². The lowest BCUT2D eigenvalue weighted by Gasteiger charge is -2.28.